The first-order valence-corrected chi connectivity index (χ1v) is 8.08. The van der Waals surface area contributed by atoms with Gasteiger partial charge in [-0.3, -0.25) is 9.78 Å². The second-order valence-electron chi connectivity index (χ2n) is 5.75. The van der Waals surface area contributed by atoms with Crippen molar-refractivity contribution in [2.45, 2.75) is 0 Å². The lowest BCUT2D eigenvalue weighted by Gasteiger charge is -2.11. The zero-order valence-electron chi connectivity index (χ0n) is 13.7. The van der Waals surface area contributed by atoms with Gasteiger partial charge in [-0.1, -0.05) is 30.3 Å². The highest BCUT2D eigenvalue weighted by atomic mass is 19.1. The van der Waals surface area contributed by atoms with Crippen LogP contribution in [-0.2, 0) is 0 Å². The van der Waals surface area contributed by atoms with E-state index in [1.54, 1.807) is 30.6 Å². The third-order valence-corrected chi connectivity index (χ3v) is 4.04. The normalized spacial score (nSPS) is 10.7. The lowest BCUT2D eigenvalue weighted by atomic mass is 10.0. The van der Waals surface area contributed by atoms with E-state index in [-0.39, 0.29) is 11.6 Å². The predicted molar refractivity (Wildman–Crippen MR) is 99.3 cm³/mol. The van der Waals surface area contributed by atoms with Crippen LogP contribution >= 0.6 is 0 Å². The van der Waals surface area contributed by atoms with Gasteiger partial charge in [-0.25, -0.2) is 9.37 Å². The summed E-state index contributed by atoms with van der Waals surface area (Å²) in [5.74, 6) is -0.870. The first-order chi connectivity index (χ1) is 12.7. The molecule has 0 bridgehead atoms. The summed E-state index contributed by atoms with van der Waals surface area (Å²) in [5, 5.41) is 3.34. The molecule has 4 aromatic rings. The lowest BCUT2D eigenvalue weighted by molar-refractivity contribution is 0.102. The molecule has 0 atom stereocenters. The number of rotatable bonds is 3. The molecule has 0 saturated carbocycles. The number of nitrogens with one attached hydrogen (secondary N) is 1. The molecule has 0 saturated heterocycles. The molecule has 1 amide bonds. The third kappa shape index (κ3) is 3.02. The molecule has 1 N–H and O–H groups in total. The summed E-state index contributed by atoms with van der Waals surface area (Å²) in [4.78, 5) is 21.6. The number of para-hydroxylation sites is 2. The number of amides is 1. The van der Waals surface area contributed by atoms with Crippen LogP contribution in [0.15, 0.2) is 79.1 Å². The van der Waals surface area contributed by atoms with Crippen molar-refractivity contribution in [3.05, 3.63) is 90.5 Å². The zero-order valence-corrected chi connectivity index (χ0v) is 13.7. The molecule has 0 aliphatic heterocycles. The summed E-state index contributed by atoms with van der Waals surface area (Å²) < 4.78 is 13.9. The molecule has 26 heavy (non-hydrogen) atoms. The molecular weight excluding hydrogens is 329 g/mol. The Labute approximate surface area is 149 Å². The summed E-state index contributed by atoms with van der Waals surface area (Å²) in [5.41, 5.74) is 2.69. The molecule has 4 rings (SSSR count). The van der Waals surface area contributed by atoms with E-state index in [1.807, 2.05) is 36.4 Å². The van der Waals surface area contributed by atoms with Gasteiger partial charge >= 0.3 is 0 Å². The van der Waals surface area contributed by atoms with Crippen molar-refractivity contribution < 1.29 is 9.18 Å². The standard InChI is InChI=1S/C21H14FN3O/c22-17-8-2-4-10-19(17)25-21(26)16-12-20(14-6-5-11-23-13-14)24-18-9-3-1-7-15(16)18/h1-13H,(H,25,26). The van der Waals surface area contributed by atoms with Gasteiger partial charge in [-0.05, 0) is 36.4 Å². The molecule has 0 aliphatic carbocycles. The van der Waals surface area contributed by atoms with Crippen LogP contribution in [0.2, 0.25) is 0 Å². The molecule has 0 aliphatic rings. The van der Waals surface area contributed by atoms with E-state index in [4.69, 9.17) is 0 Å². The van der Waals surface area contributed by atoms with E-state index < -0.39 is 5.82 Å². The van der Waals surface area contributed by atoms with Gasteiger partial charge < -0.3 is 5.32 Å². The van der Waals surface area contributed by atoms with Crippen molar-refractivity contribution >= 4 is 22.5 Å². The maximum atomic E-state index is 13.9. The highest BCUT2D eigenvalue weighted by molar-refractivity contribution is 6.13. The van der Waals surface area contributed by atoms with Crippen LogP contribution in [0.5, 0.6) is 0 Å². The second kappa shape index (κ2) is 6.72. The maximum Gasteiger partial charge on any atom is 0.256 e. The number of hydrogen-bond acceptors (Lipinski definition) is 3. The Balaban J connectivity index is 1.83. The Bertz CT molecular complexity index is 1100. The molecule has 5 heteroatoms. The van der Waals surface area contributed by atoms with Gasteiger partial charge in [0.1, 0.15) is 5.82 Å². The number of carbonyl (C=O) groups excluding carboxylic acids is 1. The fourth-order valence-electron chi connectivity index (χ4n) is 2.78. The highest BCUT2D eigenvalue weighted by Gasteiger charge is 2.15. The zero-order chi connectivity index (χ0) is 17.9. The van der Waals surface area contributed by atoms with Crippen LogP contribution in [0.1, 0.15) is 10.4 Å². The fraction of sp³-hybridized carbons (Fsp3) is 0. The Hall–Kier alpha value is -3.60. The number of aromatic nitrogens is 2. The minimum atomic E-state index is -0.480. The van der Waals surface area contributed by atoms with Crippen molar-refractivity contribution in [1.82, 2.24) is 9.97 Å². The van der Waals surface area contributed by atoms with Gasteiger partial charge in [0, 0.05) is 23.3 Å². The Kier molecular flexibility index (Phi) is 4.11. The van der Waals surface area contributed by atoms with Gasteiger partial charge in [0.2, 0.25) is 0 Å². The number of anilines is 1. The number of fused-ring (bicyclic) bond motifs is 1. The van der Waals surface area contributed by atoms with Crippen LogP contribution in [0.3, 0.4) is 0 Å². The van der Waals surface area contributed by atoms with Crippen molar-refractivity contribution in [3.8, 4) is 11.3 Å². The number of carbonyl (C=O) groups is 1. The Morgan fingerprint density at radius 2 is 1.77 bits per heavy atom. The second-order valence-corrected chi connectivity index (χ2v) is 5.75. The molecule has 0 unspecified atom stereocenters. The topological polar surface area (TPSA) is 54.9 Å². The minimum Gasteiger partial charge on any atom is -0.319 e. The van der Waals surface area contributed by atoms with Crippen LogP contribution in [0.4, 0.5) is 10.1 Å². The summed E-state index contributed by atoms with van der Waals surface area (Å²) in [7, 11) is 0. The minimum absolute atomic E-state index is 0.140. The summed E-state index contributed by atoms with van der Waals surface area (Å²) in [6.45, 7) is 0. The lowest BCUT2D eigenvalue weighted by Crippen LogP contribution is -2.14. The number of pyridine rings is 2. The smallest absolute Gasteiger partial charge is 0.256 e. The predicted octanol–water partition coefficient (Wildman–Crippen LogP) is 4.69. The van der Waals surface area contributed by atoms with E-state index in [2.05, 4.69) is 15.3 Å². The van der Waals surface area contributed by atoms with Gasteiger partial charge in [0.15, 0.2) is 0 Å². The monoisotopic (exact) mass is 343 g/mol. The molecule has 0 radical (unpaired) electrons. The summed E-state index contributed by atoms with van der Waals surface area (Å²) in [6.07, 6.45) is 3.37. The number of nitrogens with zero attached hydrogens (tertiary/aromatic N) is 2. The van der Waals surface area contributed by atoms with Crippen molar-refractivity contribution in [2.75, 3.05) is 5.32 Å². The van der Waals surface area contributed by atoms with Crippen LogP contribution in [-0.4, -0.2) is 15.9 Å². The van der Waals surface area contributed by atoms with Gasteiger partial charge in [0.05, 0.1) is 22.5 Å². The maximum absolute atomic E-state index is 13.9. The highest BCUT2D eigenvalue weighted by Crippen LogP contribution is 2.25. The number of benzene rings is 2. The average molecular weight is 343 g/mol. The molecular formula is C21H14FN3O. The average Bonchev–Trinajstić information content (AvgIpc) is 2.69. The van der Waals surface area contributed by atoms with Gasteiger partial charge in [0.25, 0.3) is 5.91 Å². The molecule has 2 heterocycles. The Morgan fingerprint density at radius 3 is 2.58 bits per heavy atom. The molecule has 0 fully saturated rings. The van der Waals surface area contributed by atoms with E-state index in [0.717, 1.165) is 5.56 Å². The molecule has 126 valence electrons. The van der Waals surface area contributed by atoms with Gasteiger partial charge in [-0.15, -0.1) is 0 Å². The summed E-state index contributed by atoms with van der Waals surface area (Å²) in [6, 6.07) is 18.8. The molecule has 2 aromatic heterocycles. The molecule has 0 spiro atoms. The van der Waals surface area contributed by atoms with E-state index in [0.29, 0.717) is 22.2 Å². The first-order valence-electron chi connectivity index (χ1n) is 8.08. The van der Waals surface area contributed by atoms with E-state index in [1.165, 1.54) is 12.1 Å². The van der Waals surface area contributed by atoms with Gasteiger partial charge in [-0.2, -0.15) is 0 Å². The van der Waals surface area contributed by atoms with Crippen LogP contribution in [0, 0.1) is 5.82 Å². The number of hydrogen-bond donors (Lipinski definition) is 1. The fourth-order valence-corrected chi connectivity index (χ4v) is 2.78. The summed E-state index contributed by atoms with van der Waals surface area (Å²) >= 11 is 0. The van der Waals surface area contributed by atoms with Crippen LogP contribution in [0.25, 0.3) is 22.2 Å². The third-order valence-electron chi connectivity index (χ3n) is 4.04. The van der Waals surface area contributed by atoms with Crippen LogP contribution < -0.4 is 5.32 Å². The number of halogens is 1. The van der Waals surface area contributed by atoms with E-state index in [9.17, 15) is 9.18 Å². The quantitative estimate of drug-likeness (QED) is 0.587. The van der Waals surface area contributed by atoms with Crippen molar-refractivity contribution in [2.24, 2.45) is 0 Å². The Morgan fingerprint density at radius 1 is 0.962 bits per heavy atom. The first kappa shape index (κ1) is 15.9. The SMILES string of the molecule is O=C(Nc1ccccc1F)c1cc(-c2cccnc2)nc2ccccc12. The van der Waals surface area contributed by atoms with Crippen molar-refractivity contribution in [1.29, 1.82) is 0 Å². The van der Waals surface area contributed by atoms with Crippen molar-refractivity contribution in [3.63, 3.8) is 0 Å². The molecule has 4 nitrogen and oxygen atoms in total. The largest absolute Gasteiger partial charge is 0.319 e. The molecule has 2 aromatic carbocycles. The van der Waals surface area contributed by atoms with E-state index >= 15 is 0 Å².